The average molecular weight is 417 g/mol. The third kappa shape index (κ3) is 5.40. The topological polar surface area (TPSA) is 77.5 Å². The number of aromatic nitrogens is 1. The lowest BCUT2D eigenvalue weighted by Crippen LogP contribution is -2.32. The van der Waals surface area contributed by atoms with E-state index in [1.54, 1.807) is 6.07 Å². The van der Waals surface area contributed by atoms with Crippen molar-refractivity contribution in [2.24, 2.45) is 5.92 Å². The van der Waals surface area contributed by atoms with Crippen molar-refractivity contribution in [3.8, 4) is 11.1 Å². The summed E-state index contributed by atoms with van der Waals surface area (Å²) < 4.78 is 0. The van der Waals surface area contributed by atoms with E-state index in [0.29, 0.717) is 16.9 Å². The summed E-state index contributed by atoms with van der Waals surface area (Å²) in [7, 11) is 0. The molecule has 1 aromatic carbocycles. The monoisotopic (exact) mass is 416 g/mol. The highest BCUT2D eigenvalue weighted by molar-refractivity contribution is 6.29. The number of aliphatic hydroxyl groups excluding tert-OH is 1. The Labute approximate surface area is 177 Å². The Balaban J connectivity index is 1.81. The SMILES string of the molecule is CC[C@@H]1CCN(C(=O)Nc2ccc(C)c(-c3cc(Cl)nc(N[C@@H](C)CO)c3)c2)C1. The summed E-state index contributed by atoms with van der Waals surface area (Å²) >= 11 is 6.23. The third-order valence-corrected chi connectivity index (χ3v) is 5.61. The van der Waals surface area contributed by atoms with Crippen LogP contribution in [0.4, 0.5) is 16.3 Å². The van der Waals surface area contributed by atoms with Crippen molar-refractivity contribution in [3.63, 3.8) is 0 Å². The molecule has 2 amide bonds. The number of hydrogen-bond acceptors (Lipinski definition) is 4. The number of aliphatic hydroxyl groups is 1. The summed E-state index contributed by atoms with van der Waals surface area (Å²) in [6.07, 6.45) is 2.17. The number of rotatable bonds is 6. The van der Waals surface area contributed by atoms with E-state index in [2.05, 4.69) is 22.5 Å². The highest BCUT2D eigenvalue weighted by atomic mass is 35.5. The predicted molar refractivity (Wildman–Crippen MR) is 119 cm³/mol. The van der Waals surface area contributed by atoms with Gasteiger partial charge in [-0.1, -0.05) is 31.0 Å². The average Bonchev–Trinajstić information content (AvgIpc) is 3.18. The fourth-order valence-corrected chi connectivity index (χ4v) is 3.80. The van der Waals surface area contributed by atoms with Crippen molar-refractivity contribution >= 4 is 29.1 Å². The highest BCUT2D eigenvalue weighted by Crippen LogP contribution is 2.30. The van der Waals surface area contributed by atoms with Crippen LogP contribution in [0.25, 0.3) is 11.1 Å². The van der Waals surface area contributed by atoms with Crippen LogP contribution in [0.5, 0.6) is 0 Å². The molecule has 3 rings (SSSR count). The van der Waals surface area contributed by atoms with Crippen LogP contribution in [0.15, 0.2) is 30.3 Å². The Kier molecular flexibility index (Phi) is 6.98. The first-order valence-electron chi connectivity index (χ1n) is 10.1. The van der Waals surface area contributed by atoms with Gasteiger partial charge in [0, 0.05) is 24.8 Å². The van der Waals surface area contributed by atoms with Crippen molar-refractivity contribution in [2.75, 3.05) is 30.3 Å². The normalized spacial score (nSPS) is 17.3. The van der Waals surface area contributed by atoms with E-state index >= 15 is 0 Å². The zero-order valence-electron chi connectivity index (χ0n) is 17.2. The van der Waals surface area contributed by atoms with Gasteiger partial charge in [0.1, 0.15) is 11.0 Å². The molecule has 0 radical (unpaired) electrons. The number of nitrogens with one attached hydrogen (secondary N) is 2. The van der Waals surface area contributed by atoms with Crippen LogP contribution in [-0.4, -0.2) is 46.8 Å². The molecular weight excluding hydrogens is 388 g/mol. The molecule has 1 aromatic heterocycles. The van der Waals surface area contributed by atoms with E-state index in [-0.39, 0.29) is 18.7 Å². The van der Waals surface area contributed by atoms with Crippen molar-refractivity contribution in [3.05, 3.63) is 41.0 Å². The number of amides is 2. The maximum Gasteiger partial charge on any atom is 0.321 e. The van der Waals surface area contributed by atoms with E-state index in [4.69, 9.17) is 11.6 Å². The Bertz CT molecular complexity index is 874. The van der Waals surface area contributed by atoms with Gasteiger partial charge in [0.15, 0.2) is 0 Å². The number of halogens is 1. The number of urea groups is 1. The largest absolute Gasteiger partial charge is 0.394 e. The van der Waals surface area contributed by atoms with Gasteiger partial charge in [0.05, 0.1) is 6.61 Å². The molecule has 156 valence electrons. The highest BCUT2D eigenvalue weighted by Gasteiger charge is 2.25. The van der Waals surface area contributed by atoms with Gasteiger partial charge in [-0.3, -0.25) is 0 Å². The Morgan fingerprint density at radius 1 is 1.38 bits per heavy atom. The van der Waals surface area contributed by atoms with Crippen LogP contribution >= 0.6 is 11.6 Å². The molecule has 1 aliphatic heterocycles. The molecule has 6 nitrogen and oxygen atoms in total. The zero-order chi connectivity index (χ0) is 21.0. The van der Waals surface area contributed by atoms with Crippen LogP contribution in [0.2, 0.25) is 5.15 Å². The number of benzene rings is 1. The smallest absolute Gasteiger partial charge is 0.321 e. The number of likely N-dealkylation sites (tertiary alicyclic amines) is 1. The molecule has 2 heterocycles. The second kappa shape index (κ2) is 9.46. The molecule has 3 N–H and O–H groups in total. The zero-order valence-corrected chi connectivity index (χ0v) is 18.0. The second-order valence-corrected chi connectivity index (χ2v) is 8.15. The lowest BCUT2D eigenvalue weighted by atomic mass is 10.0. The fourth-order valence-electron chi connectivity index (χ4n) is 3.59. The lowest BCUT2D eigenvalue weighted by Gasteiger charge is -2.18. The van der Waals surface area contributed by atoms with Gasteiger partial charge in [-0.15, -0.1) is 0 Å². The molecule has 1 fully saturated rings. The van der Waals surface area contributed by atoms with Gasteiger partial charge < -0.3 is 20.6 Å². The summed E-state index contributed by atoms with van der Waals surface area (Å²) in [6, 6.07) is 9.39. The van der Waals surface area contributed by atoms with Crippen molar-refractivity contribution in [1.82, 2.24) is 9.88 Å². The van der Waals surface area contributed by atoms with E-state index < -0.39 is 0 Å². The molecule has 7 heteroatoms. The number of pyridine rings is 1. The molecule has 0 aliphatic carbocycles. The minimum absolute atomic E-state index is 0.000536. The maximum absolute atomic E-state index is 12.6. The molecule has 1 aliphatic rings. The number of hydrogen-bond donors (Lipinski definition) is 3. The molecule has 2 aromatic rings. The molecular formula is C22H29ClN4O2. The lowest BCUT2D eigenvalue weighted by molar-refractivity contribution is 0.220. The second-order valence-electron chi connectivity index (χ2n) is 7.76. The van der Waals surface area contributed by atoms with Gasteiger partial charge in [0.25, 0.3) is 0 Å². The summed E-state index contributed by atoms with van der Waals surface area (Å²) in [6.45, 7) is 7.68. The van der Waals surface area contributed by atoms with Crippen molar-refractivity contribution < 1.29 is 9.90 Å². The van der Waals surface area contributed by atoms with Crippen LogP contribution < -0.4 is 10.6 Å². The quantitative estimate of drug-likeness (QED) is 0.593. The molecule has 1 saturated heterocycles. The van der Waals surface area contributed by atoms with Gasteiger partial charge in [-0.2, -0.15) is 0 Å². The predicted octanol–water partition coefficient (Wildman–Crippen LogP) is 4.77. The number of carbonyl (C=O) groups excluding carboxylic acids is 1. The molecule has 0 spiro atoms. The molecule has 0 bridgehead atoms. The minimum Gasteiger partial charge on any atom is -0.394 e. The van der Waals surface area contributed by atoms with Gasteiger partial charge in [-0.05, 0) is 67.1 Å². The van der Waals surface area contributed by atoms with E-state index in [1.165, 1.54) is 0 Å². The first-order chi connectivity index (χ1) is 13.9. The Morgan fingerprint density at radius 3 is 2.86 bits per heavy atom. The fraction of sp³-hybridized carbons (Fsp3) is 0.455. The third-order valence-electron chi connectivity index (χ3n) is 5.41. The van der Waals surface area contributed by atoms with Crippen LogP contribution in [0.1, 0.15) is 32.3 Å². The van der Waals surface area contributed by atoms with E-state index in [9.17, 15) is 9.90 Å². The van der Waals surface area contributed by atoms with Crippen molar-refractivity contribution in [2.45, 2.75) is 39.7 Å². The van der Waals surface area contributed by atoms with Gasteiger partial charge in [-0.25, -0.2) is 9.78 Å². The minimum atomic E-state index is -0.132. The van der Waals surface area contributed by atoms with Gasteiger partial charge >= 0.3 is 6.03 Å². The number of aryl methyl sites for hydroxylation is 1. The first-order valence-corrected chi connectivity index (χ1v) is 10.5. The van der Waals surface area contributed by atoms with Crippen LogP contribution in [0.3, 0.4) is 0 Å². The number of carbonyl (C=O) groups is 1. The number of anilines is 2. The maximum atomic E-state index is 12.6. The van der Waals surface area contributed by atoms with Crippen molar-refractivity contribution in [1.29, 1.82) is 0 Å². The Hall–Kier alpha value is -2.31. The van der Waals surface area contributed by atoms with E-state index in [0.717, 1.165) is 48.3 Å². The molecule has 0 unspecified atom stereocenters. The van der Waals surface area contributed by atoms with Crippen LogP contribution in [-0.2, 0) is 0 Å². The summed E-state index contributed by atoms with van der Waals surface area (Å²) in [4.78, 5) is 18.8. The van der Waals surface area contributed by atoms with Crippen LogP contribution in [0, 0.1) is 12.8 Å². The Morgan fingerprint density at radius 2 is 2.17 bits per heavy atom. The summed E-state index contributed by atoms with van der Waals surface area (Å²) in [5, 5.41) is 15.8. The standard InChI is InChI=1S/C22H29ClN4O2/c1-4-16-7-8-27(12-16)22(29)25-18-6-5-14(2)19(11-18)17-9-20(23)26-21(10-17)24-15(3)13-28/h5-6,9-11,15-16,28H,4,7-8,12-13H2,1-3H3,(H,24,26)(H,25,29)/t15-,16+/m0/s1. The molecule has 29 heavy (non-hydrogen) atoms. The summed E-state index contributed by atoms with van der Waals surface area (Å²) in [5.74, 6) is 1.20. The molecule has 0 saturated carbocycles. The summed E-state index contributed by atoms with van der Waals surface area (Å²) in [5.41, 5.74) is 3.69. The first kappa shape index (κ1) is 21.4. The van der Waals surface area contributed by atoms with Gasteiger partial charge in [0.2, 0.25) is 0 Å². The number of nitrogens with zero attached hydrogens (tertiary/aromatic N) is 2. The molecule has 2 atom stereocenters. The van der Waals surface area contributed by atoms with E-state index in [1.807, 2.05) is 43.0 Å².